The predicted molar refractivity (Wildman–Crippen MR) is 87.7 cm³/mol. The molecule has 1 aromatic heterocycles. The number of methoxy groups -OCH3 is 1. The molecule has 132 valence electrons. The highest BCUT2D eigenvalue weighted by Crippen LogP contribution is 2.38. The van der Waals surface area contributed by atoms with Gasteiger partial charge in [-0.1, -0.05) is 6.07 Å². The fourth-order valence-electron chi connectivity index (χ4n) is 3.25. The number of nitrogens with one attached hydrogen (secondary N) is 1. The lowest BCUT2D eigenvalue weighted by Gasteiger charge is -2.38. The molecule has 0 bridgehead atoms. The Bertz CT molecular complexity index is 539. The number of ether oxygens (including phenoxy) is 2. The molecule has 1 aliphatic heterocycles. The van der Waals surface area contributed by atoms with Gasteiger partial charge in [-0.2, -0.15) is 0 Å². The average molecular weight is 335 g/mol. The molecule has 0 spiro atoms. The number of morpholine rings is 1. The van der Waals surface area contributed by atoms with Crippen molar-refractivity contribution in [2.45, 2.75) is 25.0 Å². The van der Waals surface area contributed by atoms with Gasteiger partial charge in [0.05, 0.1) is 39.0 Å². The second-order valence-corrected chi connectivity index (χ2v) is 6.45. The van der Waals surface area contributed by atoms with Crippen molar-refractivity contribution in [3.8, 4) is 5.88 Å². The van der Waals surface area contributed by atoms with Crippen molar-refractivity contribution in [1.82, 2.24) is 15.2 Å². The molecule has 0 aromatic carbocycles. The zero-order valence-electron chi connectivity index (χ0n) is 14.0. The van der Waals surface area contributed by atoms with E-state index in [0.29, 0.717) is 38.5 Å². The SMILES string of the molecule is COc1ccc(C(NC(=O)CN2CCOCC2)C2CC(O)C2)cn1. The number of aromatic nitrogens is 1. The summed E-state index contributed by atoms with van der Waals surface area (Å²) in [6, 6.07) is 3.60. The second kappa shape index (κ2) is 7.92. The Morgan fingerprint density at radius 2 is 2.21 bits per heavy atom. The first kappa shape index (κ1) is 17.1. The van der Waals surface area contributed by atoms with Crippen LogP contribution in [0.3, 0.4) is 0 Å². The minimum atomic E-state index is -0.264. The van der Waals surface area contributed by atoms with Gasteiger partial charge in [0.1, 0.15) is 0 Å². The number of hydrogen-bond donors (Lipinski definition) is 2. The van der Waals surface area contributed by atoms with Gasteiger partial charge >= 0.3 is 0 Å². The fourth-order valence-corrected chi connectivity index (χ4v) is 3.25. The summed E-state index contributed by atoms with van der Waals surface area (Å²) in [6.07, 6.45) is 2.88. The third-order valence-electron chi connectivity index (χ3n) is 4.74. The van der Waals surface area contributed by atoms with Crippen LogP contribution in [0.2, 0.25) is 0 Å². The van der Waals surface area contributed by atoms with Gasteiger partial charge in [-0.25, -0.2) is 4.98 Å². The van der Waals surface area contributed by atoms with E-state index in [1.807, 2.05) is 6.07 Å². The molecule has 1 atom stereocenters. The lowest BCUT2D eigenvalue weighted by molar-refractivity contribution is -0.125. The molecule has 1 unspecified atom stereocenters. The Hall–Kier alpha value is -1.70. The molecule has 1 aliphatic carbocycles. The first-order chi connectivity index (χ1) is 11.7. The van der Waals surface area contributed by atoms with E-state index >= 15 is 0 Å². The summed E-state index contributed by atoms with van der Waals surface area (Å²) in [6.45, 7) is 3.29. The quantitative estimate of drug-likeness (QED) is 0.780. The fraction of sp³-hybridized carbons (Fsp3) is 0.647. The molecule has 1 amide bonds. The van der Waals surface area contributed by atoms with Crippen LogP contribution in [0.25, 0.3) is 0 Å². The summed E-state index contributed by atoms with van der Waals surface area (Å²) in [5, 5.41) is 12.7. The third kappa shape index (κ3) is 4.23. The number of aliphatic hydroxyl groups is 1. The zero-order valence-corrected chi connectivity index (χ0v) is 14.0. The van der Waals surface area contributed by atoms with Crippen LogP contribution in [0.15, 0.2) is 18.3 Å². The van der Waals surface area contributed by atoms with Gasteiger partial charge in [0, 0.05) is 25.4 Å². The Morgan fingerprint density at radius 1 is 1.46 bits per heavy atom. The van der Waals surface area contributed by atoms with E-state index in [4.69, 9.17) is 9.47 Å². The zero-order chi connectivity index (χ0) is 16.9. The minimum absolute atomic E-state index is 0.000826. The van der Waals surface area contributed by atoms with E-state index in [-0.39, 0.29) is 24.0 Å². The Kier molecular flexibility index (Phi) is 5.65. The molecule has 1 saturated heterocycles. The van der Waals surface area contributed by atoms with Crippen molar-refractivity contribution in [2.24, 2.45) is 5.92 Å². The Labute approximate surface area is 142 Å². The summed E-state index contributed by atoms with van der Waals surface area (Å²) >= 11 is 0. The Balaban J connectivity index is 1.64. The molecule has 2 fully saturated rings. The summed E-state index contributed by atoms with van der Waals surface area (Å²) in [4.78, 5) is 18.8. The number of rotatable bonds is 6. The summed E-state index contributed by atoms with van der Waals surface area (Å²) in [5.74, 6) is 0.786. The maximum Gasteiger partial charge on any atom is 0.234 e. The van der Waals surface area contributed by atoms with E-state index in [1.165, 1.54) is 0 Å². The lowest BCUT2D eigenvalue weighted by atomic mass is 9.75. The van der Waals surface area contributed by atoms with E-state index in [2.05, 4.69) is 15.2 Å². The molecule has 7 nitrogen and oxygen atoms in total. The average Bonchev–Trinajstić information content (AvgIpc) is 2.58. The van der Waals surface area contributed by atoms with Gasteiger partial charge < -0.3 is 19.9 Å². The van der Waals surface area contributed by atoms with E-state index in [9.17, 15) is 9.90 Å². The van der Waals surface area contributed by atoms with Crippen LogP contribution in [0.5, 0.6) is 5.88 Å². The van der Waals surface area contributed by atoms with Gasteiger partial charge in [-0.15, -0.1) is 0 Å². The van der Waals surface area contributed by atoms with Crippen molar-refractivity contribution in [2.75, 3.05) is 40.0 Å². The Morgan fingerprint density at radius 3 is 2.79 bits per heavy atom. The van der Waals surface area contributed by atoms with Gasteiger partial charge in [0.25, 0.3) is 0 Å². The van der Waals surface area contributed by atoms with E-state index in [1.54, 1.807) is 19.4 Å². The maximum absolute atomic E-state index is 12.4. The second-order valence-electron chi connectivity index (χ2n) is 6.45. The number of carbonyl (C=O) groups excluding carboxylic acids is 1. The van der Waals surface area contributed by atoms with E-state index in [0.717, 1.165) is 18.7 Å². The van der Waals surface area contributed by atoms with Crippen molar-refractivity contribution in [1.29, 1.82) is 0 Å². The standard InChI is InChI=1S/C17H25N3O4/c1-23-16-3-2-12(10-18-16)17(13-8-14(21)9-13)19-15(22)11-20-4-6-24-7-5-20/h2-3,10,13-14,17,21H,4-9,11H2,1H3,(H,19,22). The van der Waals surface area contributed by atoms with Crippen LogP contribution in [-0.2, 0) is 9.53 Å². The highest BCUT2D eigenvalue weighted by molar-refractivity contribution is 5.78. The minimum Gasteiger partial charge on any atom is -0.481 e. The first-order valence-electron chi connectivity index (χ1n) is 8.43. The maximum atomic E-state index is 12.4. The van der Waals surface area contributed by atoms with Crippen LogP contribution in [-0.4, -0.2) is 67.0 Å². The molecule has 1 saturated carbocycles. The smallest absolute Gasteiger partial charge is 0.234 e. The molecular formula is C17H25N3O4. The van der Waals surface area contributed by atoms with E-state index < -0.39 is 0 Å². The molecule has 7 heteroatoms. The van der Waals surface area contributed by atoms with Crippen LogP contribution >= 0.6 is 0 Å². The molecule has 2 N–H and O–H groups in total. The van der Waals surface area contributed by atoms with Crippen LogP contribution in [0.4, 0.5) is 0 Å². The number of amides is 1. The van der Waals surface area contributed by atoms with Gasteiger partial charge in [-0.3, -0.25) is 9.69 Å². The molecule has 24 heavy (non-hydrogen) atoms. The highest BCUT2D eigenvalue weighted by Gasteiger charge is 2.36. The van der Waals surface area contributed by atoms with Crippen molar-refractivity contribution in [3.05, 3.63) is 23.9 Å². The molecule has 2 aliphatic rings. The highest BCUT2D eigenvalue weighted by atomic mass is 16.5. The van der Waals surface area contributed by atoms with Gasteiger partial charge in [0.15, 0.2) is 0 Å². The van der Waals surface area contributed by atoms with Crippen LogP contribution in [0, 0.1) is 5.92 Å². The number of aliphatic hydroxyl groups excluding tert-OH is 1. The van der Waals surface area contributed by atoms with Crippen molar-refractivity contribution < 1.29 is 19.4 Å². The van der Waals surface area contributed by atoms with Crippen LogP contribution < -0.4 is 10.1 Å². The first-order valence-corrected chi connectivity index (χ1v) is 8.43. The molecule has 0 radical (unpaired) electrons. The largest absolute Gasteiger partial charge is 0.481 e. The predicted octanol–water partition coefficient (Wildman–Crippen LogP) is 0.351. The normalized spacial score (nSPS) is 25.6. The number of carbonyl (C=O) groups is 1. The summed E-state index contributed by atoms with van der Waals surface area (Å²) < 4.78 is 10.4. The topological polar surface area (TPSA) is 83.9 Å². The van der Waals surface area contributed by atoms with Crippen LogP contribution in [0.1, 0.15) is 24.4 Å². The summed E-state index contributed by atoms with van der Waals surface area (Å²) in [5.41, 5.74) is 0.947. The summed E-state index contributed by atoms with van der Waals surface area (Å²) in [7, 11) is 1.58. The number of hydrogen-bond acceptors (Lipinski definition) is 6. The number of pyridine rings is 1. The van der Waals surface area contributed by atoms with Crippen molar-refractivity contribution in [3.63, 3.8) is 0 Å². The third-order valence-corrected chi connectivity index (χ3v) is 4.74. The molecular weight excluding hydrogens is 310 g/mol. The van der Waals surface area contributed by atoms with Gasteiger partial charge in [0.2, 0.25) is 11.8 Å². The number of nitrogens with zero attached hydrogens (tertiary/aromatic N) is 2. The lowest BCUT2D eigenvalue weighted by Crippen LogP contribution is -2.47. The molecule has 2 heterocycles. The molecule has 3 rings (SSSR count). The molecule has 1 aromatic rings. The monoisotopic (exact) mass is 335 g/mol. The van der Waals surface area contributed by atoms with Gasteiger partial charge in [-0.05, 0) is 24.3 Å². The van der Waals surface area contributed by atoms with Crippen molar-refractivity contribution >= 4 is 5.91 Å².